The molecule has 25 heavy (non-hydrogen) atoms. The van der Waals surface area contributed by atoms with Crippen LogP contribution in [0.4, 0.5) is 5.69 Å². The normalized spacial score (nSPS) is 21.6. The van der Waals surface area contributed by atoms with Gasteiger partial charge in [-0.3, -0.25) is 9.69 Å². The maximum atomic E-state index is 11.6. The highest BCUT2D eigenvalue weighted by Gasteiger charge is 2.29. The average molecular weight is 353 g/mol. The van der Waals surface area contributed by atoms with Gasteiger partial charge in [-0.25, -0.2) is 4.98 Å². The Hall–Kier alpha value is -2.02. The molecule has 3 heterocycles. The molecule has 1 aromatic rings. The lowest BCUT2D eigenvalue weighted by atomic mass is 10.1. The third kappa shape index (κ3) is 2.80. The molecule has 4 aliphatic rings. The van der Waals surface area contributed by atoms with Crippen LogP contribution in [-0.4, -0.2) is 55.3 Å². The summed E-state index contributed by atoms with van der Waals surface area (Å²) >= 11 is 1.64. The van der Waals surface area contributed by atoms with E-state index in [1.54, 1.807) is 23.5 Å². The van der Waals surface area contributed by atoms with Crippen molar-refractivity contribution in [2.24, 2.45) is 0 Å². The van der Waals surface area contributed by atoms with Crippen molar-refractivity contribution in [1.82, 2.24) is 9.88 Å². The molecule has 0 radical (unpaired) electrons. The van der Waals surface area contributed by atoms with Gasteiger partial charge in [0.15, 0.2) is 5.43 Å². The summed E-state index contributed by atoms with van der Waals surface area (Å²) in [6, 6.07) is 12.0. The maximum Gasteiger partial charge on any atom is 0.180 e. The second-order valence-electron chi connectivity index (χ2n) is 6.71. The molecule has 0 aromatic heterocycles. The van der Waals surface area contributed by atoms with Crippen LogP contribution in [0, 0.1) is 0 Å². The van der Waals surface area contributed by atoms with Gasteiger partial charge in [0, 0.05) is 37.9 Å². The standard InChI is InChI=1S/C19H19N3O2S/c23-15-2-4-17-19(10-15)25-18-9-13(1-3-16(18)20-17)22-6-5-21-7-8-24-12-14(21)11-22/h1-4,9-10,14H,5-8,11-12H2/t14-/m0/s1. The molecule has 5 rings (SSSR count). The second-order valence-corrected chi connectivity index (χ2v) is 7.79. The van der Waals surface area contributed by atoms with Crippen molar-refractivity contribution in [1.29, 1.82) is 0 Å². The number of piperazine rings is 1. The molecule has 2 fully saturated rings. The summed E-state index contributed by atoms with van der Waals surface area (Å²) < 4.78 is 6.77. The summed E-state index contributed by atoms with van der Waals surface area (Å²) in [5, 5.41) is 0. The van der Waals surface area contributed by atoms with E-state index >= 15 is 0 Å². The van der Waals surface area contributed by atoms with E-state index in [9.17, 15) is 4.79 Å². The zero-order chi connectivity index (χ0) is 16.8. The molecule has 0 amide bonds. The molecule has 0 spiro atoms. The van der Waals surface area contributed by atoms with Crippen LogP contribution >= 0.6 is 11.3 Å². The van der Waals surface area contributed by atoms with Gasteiger partial charge in [-0.05, 0) is 30.3 Å². The lowest BCUT2D eigenvalue weighted by Gasteiger charge is -2.44. The third-order valence-electron chi connectivity index (χ3n) is 5.14. The highest BCUT2D eigenvalue weighted by molar-refractivity contribution is 7.21. The molecule has 0 unspecified atom stereocenters. The first-order chi connectivity index (χ1) is 12.3. The summed E-state index contributed by atoms with van der Waals surface area (Å²) in [5.74, 6) is 0. The zero-order valence-electron chi connectivity index (χ0n) is 13.9. The van der Waals surface area contributed by atoms with E-state index in [-0.39, 0.29) is 5.43 Å². The summed E-state index contributed by atoms with van der Waals surface area (Å²) in [5.41, 5.74) is 3.14. The van der Waals surface area contributed by atoms with Crippen molar-refractivity contribution in [2.75, 3.05) is 44.3 Å². The minimum atomic E-state index is 0.0366. The van der Waals surface area contributed by atoms with E-state index in [1.807, 2.05) is 6.07 Å². The van der Waals surface area contributed by atoms with E-state index in [0.29, 0.717) is 6.04 Å². The number of hydrogen-bond donors (Lipinski definition) is 0. The van der Waals surface area contributed by atoms with Gasteiger partial charge in [-0.2, -0.15) is 0 Å². The van der Waals surface area contributed by atoms with Gasteiger partial charge in [0.05, 0.1) is 40.0 Å². The van der Waals surface area contributed by atoms with Crippen LogP contribution in [0.3, 0.4) is 0 Å². The van der Waals surface area contributed by atoms with Gasteiger partial charge in [-0.15, -0.1) is 11.3 Å². The Morgan fingerprint density at radius 3 is 3.04 bits per heavy atom. The Morgan fingerprint density at radius 1 is 1.12 bits per heavy atom. The molecular weight excluding hydrogens is 334 g/mol. The van der Waals surface area contributed by atoms with Gasteiger partial charge in [0.1, 0.15) is 0 Å². The minimum absolute atomic E-state index is 0.0366. The first kappa shape index (κ1) is 15.3. The van der Waals surface area contributed by atoms with Crippen LogP contribution in [0.15, 0.2) is 41.2 Å². The van der Waals surface area contributed by atoms with Crippen LogP contribution in [0.5, 0.6) is 0 Å². The molecule has 1 aliphatic carbocycles. The number of nitrogens with zero attached hydrogens (tertiary/aromatic N) is 3. The van der Waals surface area contributed by atoms with Gasteiger partial charge in [0.2, 0.25) is 0 Å². The molecule has 0 saturated carbocycles. The Balaban J connectivity index is 1.50. The Labute approximate surface area is 149 Å². The molecule has 1 aromatic carbocycles. The SMILES string of the molecule is O=c1ccc2nc3ccc(N4CCN5CCOC[C@@H]5C4)cc3sc-2c1. The van der Waals surface area contributed by atoms with Gasteiger partial charge >= 0.3 is 0 Å². The van der Waals surface area contributed by atoms with Crippen molar-refractivity contribution in [3.8, 4) is 10.6 Å². The van der Waals surface area contributed by atoms with E-state index in [4.69, 9.17) is 9.72 Å². The smallest absolute Gasteiger partial charge is 0.180 e. The summed E-state index contributed by atoms with van der Waals surface area (Å²) in [6.07, 6.45) is 0. The van der Waals surface area contributed by atoms with Gasteiger partial charge in [0.25, 0.3) is 0 Å². The Kier molecular flexibility index (Phi) is 3.69. The van der Waals surface area contributed by atoms with E-state index in [0.717, 1.165) is 60.2 Å². The second kappa shape index (κ2) is 6.05. The monoisotopic (exact) mass is 353 g/mol. The van der Waals surface area contributed by atoms with Gasteiger partial charge < -0.3 is 9.64 Å². The van der Waals surface area contributed by atoms with Crippen molar-refractivity contribution in [3.63, 3.8) is 0 Å². The fourth-order valence-corrected chi connectivity index (χ4v) is 4.80. The average Bonchev–Trinajstić information content (AvgIpc) is 2.65. The van der Waals surface area contributed by atoms with E-state index < -0.39 is 0 Å². The van der Waals surface area contributed by atoms with Gasteiger partial charge in [-0.1, -0.05) is 0 Å². The molecular formula is C19H19N3O2S. The van der Waals surface area contributed by atoms with Crippen molar-refractivity contribution >= 4 is 27.2 Å². The number of aromatic nitrogens is 1. The minimum Gasteiger partial charge on any atom is -0.378 e. The molecule has 1 atom stereocenters. The zero-order valence-corrected chi connectivity index (χ0v) is 14.7. The van der Waals surface area contributed by atoms with Crippen LogP contribution in [0.2, 0.25) is 0 Å². The molecule has 0 bridgehead atoms. The molecule has 2 saturated heterocycles. The maximum absolute atomic E-state index is 11.6. The van der Waals surface area contributed by atoms with Crippen LogP contribution in [0.1, 0.15) is 0 Å². The molecule has 128 valence electrons. The predicted octanol–water partition coefficient (Wildman–Crippen LogP) is 2.28. The first-order valence-corrected chi connectivity index (χ1v) is 9.49. The lowest BCUT2D eigenvalue weighted by molar-refractivity contribution is -0.0116. The molecule has 6 heteroatoms. The highest BCUT2D eigenvalue weighted by atomic mass is 32.1. The summed E-state index contributed by atoms with van der Waals surface area (Å²) in [6.45, 7) is 5.86. The van der Waals surface area contributed by atoms with Crippen LogP contribution < -0.4 is 10.3 Å². The van der Waals surface area contributed by atoms with Crippen molar-refractivity contribution < 1.29 is 4.74 Å². The topological polar surface area (TPSA) is 45.7 Å². The van der Waals surface area contributed by atoms with E-state index in [2.05, 4.69) is 28.0 Å². The fraction of sp³-hybridized carbons (Fsp3) is 0.368. The summed E-state index contributed by atoms with van der Waals surface area (Å²) in [4.78, 5) is 22.2. The van der Waals surface area contributed by atoms with Crippen LogP contribution in [-0.2, 0) is 4.74 Å². The Bertz CT molecular complexity index is 957. The number of rotatable bonds is 1. The molecule has 0 N–H and O–H groups in total. The molecule has 3 aliphatic heterocycles. The van der Waals surface area contributed by atoms with Crippen molar-refractivity contribution in [3.05, 3.63) is 46.6 Å². The Morgan fingerprint density at radius 2 is 2.08 bits per heavy atom. The lowest BCUT2D eigenvalue weighted by Crippen LogP contribution is -2.58. The third-order valence-corrected chi connectivity index (χ3v) is 6.23. The number of fused-ring (bicyclic) bond motifs is 3. The summed E-state index contributed by atoms with van der Waals surface area (Å²) in [7, 11) is 0. The highest BCUT2D eigenvalue weighted by Crippen LogP contribution is 2.32. The van der Waals surface area contributed by atoms with Crippen molar-refractivity contribution in [2.45, 2.75) is 6.04 Å². The first-order valence-electron chi connectivity index (χ1n) is 8.68. The number of benzene rings is 2. The quantitative estimate of drug-likeness (QED) is 0.628. The number of hydrogen-bond acceptors (Lipinski definition) is 6. The fourth-order valence-electron chi connectivity index (χ4n) is 3.77. The van der Waals surface area contributed by atoms with E-state index in [1.165, 1.54) is 5.69 Å². The number of morpholine rings is 1. The predicted molar refractivity (Wildman–Crippen MR) is 101 cm³/mol. The number of anilines is 1. The largest absolute Gasteiger partial charge is 0.378 e. The number of ether oxygens (including phenoxy) is 1. The van der Waals surface area contributed by atoms with Crippen LogP contribution in [0.25, 0.3) is 20.8 Å². The molecule has 5 nitrogen and oxygen atoms in total.